The number of aryl methyl sites for hydroxylation is 3. The Morgan fingerprint density at radius 2 is 2.17 bits per heavy atom. The van der Waals surface area contributed by atoms with E-state index in [1.807, 2.05) is 49.6 Å². The van der Waals surface area contributed by atoms with Crippen LogP contribution in [0.2, 0.25) is 0 Å². The fourth-order valence-corrected chi connectivity index (χ4v) is 2.98. The van der Waals surface area contributed by atoms with E-state index in [2.05, 4.69) is 10.1 Å². The van der Waals surface area contributed by atoms with Gasteiger partial charge >= 0.3 is 5.97 Å². The smallest absolute Gasteiger partial charge is 0.311 e. The average Bonchev–Trinajstić information content (AvgIpc) is 3.21. The highest BCUT2D eigenvalue weighted by atomic mass is 32.1. The maximum Gasteiger partial charge on any atom is 0.311 e. The Kier molecular flexibility index (Phi) is 5.05. The molecule has 0 radical (unpaired) electrons. The summed E-state index contributed by atoms with van der Waals surface area (Å²) in [5, 5.41) is 5.92. The summed E-state index contributed by atoms with van der Waals surface area (Å²) in [6.07, 6.45) is 1.47. The maximum absolute atomic E-state index is 11.9. The Balaban J connectivity index is 1.48. The van der Waals surface area contributed by atoms with E-state index in [4.69, 9.17) is 9.26 Å². The van der Waals surface area contributed by atoms with E-state index in [1.54, 1.807) is 11.3 Å². The van der Waals surface area contributed by atoms with Crippen LogP contribution in [0.5, 0.6) is 5.75 Å². The number of benzene rings is 1. The zero-order valence-corrected chi connectivity index (χ0v) is 14.4. The van der Waals surface area contributed by atoms with Crippen molar-refractivity contribution in [2.45, 2.75) is 33.1 Å². The van der Waals surface area contributed by atoms with Crippen LogP contribution in [0.3, 0.4) is 0 Å². The molecule has 2 aromatic heterocycles. The normalized spacial score (nSPS) is 10.8. The number of esters is 1. The predicted octanol–water partition coefficient (Wildman–Crippen LogP) is 4.34. The molecule has 5 nitrogen and oxygen atoms in total. The van der Waals surface area contributed by atoms with Gasteiger partial charge in [0.15, 0.2) is 0 Å². The average molecular weight is 342 g/mol. The molecule has 3 rings (SSSR count). The van der Waals surface area contributed by atoms with Gasteiger partial charge in [-0.3, -0.25) is 4.79 Å². The first-order chi connectivity index (χ1) is 11.6. The lowest BCUT2D eigenvalue weighted by atomic mass is 10.1. The van der Waals surface area contributed by atoms with Gasteiger partial charge in [0.05, 0.1) is 4.88 Å². The van der Waals surface area contributed by atoms with Gasteiger partial charge in [-0.2, -0.15) is 4.98 Å². The Hall–Kier alpha value is -2.47. The minimum absolute atomic E-state index is 0.250. The summed E-state index contributed by atoms with van der Waals surface area (Å²) in [7, 11) is 0. The van der Waals surface area contributed by atoms with E-state index < -0.39 is 0 Å². The minimum Gasteiger partial charge on any atom is -0.426 e. The fraction of sp³-hybridized carbons (Fsp3) is 0.278. The van der Waals surface area contributed by atoms with Gasteiger partial charge in [0.2, 0.25) is 11.7 Å². The molecule has 0 fully saturated rings. The Morgan fingerprint density at radius 1 is 1.29 bits per heavy atom. The molecule has 3 aromatic rings. The summed E-state index contributed by atoms with van der Waals surface area (Å²) in [4.78, 5) is 17.3. The predicted molar refractivity (Wildman–Crippen MR) is 92.1 cm³/mol. The van der Waals surface area contributed by atoms with Gasteiger partial charge in [-0.05, 0) is 43.3 Å². The molecule has 0 saturated heterocycles. The third-order valence-electron chi connectivity index (χ3n) is 3.54. The molecule has 0 aliphatic heterocycles. The van der Waals surface area contributed by atoms with E-state index in [9.17, 15) is 4.79 Å². The van der Waals surface area contributed by atoms with Gasteiger partial charge < -0.3 is 9.26 Å². The van der Waals surface area contributed by atoms with Crippen molar-refractivity contribution in [3.8, 4) is 16.5 Å². The number of ether oxygens (including phenoxy) is 1. The number of hydrogen-bond donors (Lipinski definition) is 0. The van der Waals surface area contributed by atoms with Gasteiger partial charge in [0.25, 0.3) is 0 Å². The highest BCUT2D eigenvalue weighted by molar-refractivity contribution is 7.13. The highest BCUT2D eigenvalue weighted by Crippen LogP contribution is 2.22. The van der Waals surface area contributed by atoms with Crippen molar-refractivity contribution in [3.05, 3.63) is 52.7 Å². The lowest BCUT2D eigenvalue weighted by Crippen LogP contribution is -2.09. The van der Waals surface area contributed by atoms with E-state index in [0.717, 1.165) is 16.0 Å². The van der Waals surface area contributed by atoms with Gasteiger partial charge in [-0.25, -0.2) is 0 Å². The van der Waals surface area contributed by atoms with Gasteiger partial charge in [-0.1, -0.05) is 28.9 Å². The molecular weight excluding hydrogens is 324 g/mol. The summed E-state index contributed by atoms with van der Waals surface area (Å²) in [5.74, 6) is 1.50. The molecule has 0 aliphatic carbocycles. The molecule has 0 N–H and O–H groups in total. The van der Waals surface area contributed by atoms with Crippen LogP contribution in [0.15, 0.2) is 40.2 Å². The Morgan fingerprint density at radius 3 is 2.92 bits per heavy atom. The Bertz CT molecular complexity index is 825. The molecule has 0 spiro atoms. The molecule has 24 heavy (non-hydrogen) atoms. The van der Waals surface area contributed by atoms with Gasteiger partial charge in [-0.15, -0.1) is 11.3 Å². The maximum atomic E-state index is 11.9. The van der Waals surface area contributed by atoms with Crippen LogP contribution in [-0.2, 0) is 11.2 Å². The largest absolute Gasteiger partial charge is 0.426 e. The Labute approximate surface area is 144 Å². The second kappa shape index (κ2) is 7.40. The van der Waals surface area contributed by atoms with Crippen molar-refractivity contribution in [1.82, 2.24) is 10.1 Å². The van der Waals surface area contributed by atoms with Crippen LogP contribution in [0.4, 0.5) is 0 Å². The molecular formula is C18H18N2O3S. The molecule has 0 aliphatic rings. The van der Waals surface area contributed by atoms with Crippen LogP contribution in [0, 0.1) is 13.8 Å². The molecule has 0 saturated carbocycles. The van der Waals surface area contributed by atoms with Gasteiger partial charge in [0, 0.05) is 12.8 Å². The summed E-state index contributed by atoms with van der Waals surface area (Å²) >= 11 is 1.56. The zero-order chi connectivity index (χ0) is 16.9. The van der Waals surface area contributed by atoms with Crippen LogP contribution in [0.25, 0.3) is 10.7 Å². The quantitative estimate of drug-likeness (QED) is 0.492. The topological polar surface area (TPSA) is 65.2 Å². The zero-order valence-electron chi connectivity index (χ0n) is 13.6. The number of aromatic nitrogens is 2. The third-order valence-corrected chi connectivity index (χ3v) is 4.40. The fourth-order valence-electron chi connectivity index (χ4n) is 2.33. The highest BCUT2D eigenvalue weighted by Gasteiger charge is 2.11. The molecule has 0 amide bonds. The molecule has 0 atom stereocenters. The summed E-state index contributed by atoms with van der Waals surface area (Å²) in [6.45, 7) is 3.94. The van der Waals surface area contributed by atoms with E-state index in [1.165, 1.54) is 0 Å². The number of thiophene rings is 1. The van der Waals surface area contributed by atoms with Crippen LogP contribution in [0.1, 0.15) is 29.9 Å². The van der Waals surface area contributed by atoms with Crippen molar-refractivity contribution in [1.29, 1.82) is 0 Å². The summed E-state index contributed by atoms with van der Waals surface area (Å²) in [6, 6.07) is 9.64. The van der Waals surface area contributed by atoms with Crippen molar-refractivity contribution >= 4 is 17.3 Å². The number of carbonyl (C=O) groups is 1. The molecule has 124 valence electrons. The molecule has 0 bridgehead atoms. The monoisotopic (exact) mass is 342 g/mol. The number of hydrogen-bond acceptors (Lipinski definition) is 6. The SMILES string of the molecule is Cc1ccc(OC(=O)CCCc2nc(-c3cccs3)no2)c(C)c1. The van der Waals surface area contributed by atoms with Crippen molar-refractivity contribution in [2.24, 2.45) is 0 Å². The molecule has 0 unspecified atom stereocenters. The van der Waals surface area contributed by atoms with E-state index in [0.29, 0.717) is 36.7 Å². The second-order valence-electron chi connectivity index (χ2n) is 5.59. The molecule has 1 aromatic carbocycles. The number of carbonyl (C=O) groups excluding carboxylic acids is 1. The lowest BCUT2D eigenvalue weighted by molar-refractivity contribution is -0.134. The van der Waals surface area contributed by atoms with Gasteiger partial charge in [0.1, 0.15) is 5.75 Å². The number of nitrogens with zero attached hydrogens (tertiary/aromatic N) is 2. The standard InChI is InChI=1S/C18H18N2O3S/c1-12-8-9-14(13(2)11-12)22-17(21)7-3-6-16-19-18(20-23-16)15-5-4-10-24-15/h4-5,8-11H,3,6-7H2,1-2H3. The molecule has 2 heterocycles. The van der Waals surface area contributed by atoms with Crippen LogP contribution < -0.4 is 4.74 Å². The van der Waals surface area contributed by atoms with E-state index in [-0.39, 0.29) is 5.97 Å². The van der Waals surface area contributed by atoms with Crippen molar-refractivity contribution in [3.63, 3.8) is 0 Å². The van der Waals surface area contributed by atoms with Crippen molar-refractivity contribution in [2.75, 3.05) is 0 Å². The van der Waals surface area contributed by atoms with Crippen LogP contribution in [-0.4, -0.2) is 16.1 Å². The lowest BCUT2D eigenvalue weighted by Gasteiger charge is -2.07. The summed E-state index contributed by atoms with van der Waals surface area (Å²) < 4.78 is 10.6. The summed E-state index contributed by atoms with van der Waals surface area (Å²) in [5.41, 5.74) is 2.10. The van der Waals surface area contributed by atoms with E-state index >= 15 is 0 Å². The second-order valence-corrected chi connectivity index (χ2v) is 6.53. The first-order valence-corrected chi connectivity index (χ1v) is 8.64. The molecule has 6 heteroatoms. The first-order valence-electron chi connectivity index (χ1n) is 7.76. The number of rotatable bonds is 6. The van der Waals surface area contributed by atoms with Crippen LogP contribution >= 0.6 is 11.3 Å². The minimum atomic E-state index is -0.250. The third kappa shape index (κ3) is 4.08. The van der Waals surface area contributed by atoms with Crippen molar-refractivity contribution < 1.29 is 14.1 Å². The first kappa shape index (κ1) is 16.4.